The maximum absolute atomic E-state index is 12.5. The average molecular weight is 361 g/mol. The summed E-state index contributed by atoms with van der Waals surface area (Å²) in [5, 5.41) is 2.66. The Morgan fingerprint density at radius 3 is 2.71 bits per heavy atom. The number of likely N-dealkylation sites (N-methyl/N-ethyl adjacent to an activating group) is 1. The molecule has 0 unspecified atom stereocenters. The van der Waals surface area contributed by atoms with Gasteiger partial charge in [-0.3, -0.25) is 4.79 Å². The van der Waals surface area contributed by atoms with Crippen molar-refractivity contribution in [2.75, 3.05) is 7.05 Å². The number of carbonyl (C=O) groups is 1. The summed E-state index contributed by atoms with van der Waals surface area (Å²) < 4.78 is 5.69. The molecule has 2 aromatic heterocycles. The largest absolute Gasteiger partial charge is 0.440 e. The molecule has 0 saturated heterocycles. The molecule has 0 bridgehead atoms. The molecular formula is C18H17ClN2O2S. The van der Waals surface area contributed by atoms with E-state index in [0.29, 0.717) is 28.9 Å². The van der Waals surface area contributed by atoms with E-state index in [1.54, 1.807) is 23.3 Å². The monoisotopic (exact) mass is 360 g/mol. The Balaban J connectivity index is 1.67. The van der Waals surface area contributed by atoms with Crippen LogP contribution in [0.25, 0.3) is 10.8 Å². The minimum absolute atomic E-state index is 0.000852. The van der Waals surface area contributed by atoms with Gasteiger partial charge in [0.2, 0.25) is 11.8 Å². The molecule has 0 atom stereocenters. The number of carbonyl (C=O) groups excluding carboxylic acids is 1. The second kappa shape index (κ2) is 7.20. The molecule has 0 N–H and O–H groups in total. The predicted molar refractivity (Wildman–Crippen MR) is 96.2 cm³/mol. The fourth-order valence-corrected chi connectivity index (χ4v) is 3.10. The van der Waals surface area contributed by atoms with Crippen LogP contribution in [-0.2, 0) is 17.8 Å². The third-order valence-corrected chi connectivity index (χ3v) is 4.81. The van der Waals surface area contributed by atoms with Gasteiger partial charge in [-0.25, -0.2) is 4.98 Å². The van der Waals surface area contributed by atoms with Gasteiger partial charge in [-0.15, -0.1) is 11.3 Å². The van der Waals surface area contributed by atoms with Crippen molar-refractivity contribution < 1.29 is 9.21 Å². The lowest BCUT2D eigenvalue weighted by Crippen LogP contribution is -2.28. The van der Waals surface area contributed by atoms with Crippen LogP contribution in [0.5, 0.6) is 0 Å². The third-order valence-electron chi connectivity index (χ3n) is 3.70. The number of rotatable bonds is 5. The molecule has 6 heteroatoms. The van der Waals surface area contributed by atoms with Gasteiger partial charge in [0.25, 0.3) is 0 Å². The smallest absolute Gasteiger partial charge is 0.236 e. The van der Waals surface area contributed by atoms with E-state index in [0.717, 1.165) is 10.4 Å². The fraction of sp³-hybridized carbons (Fsp3) is 0.222. The van der Waals surface area contributed by atoms with Crippen molar-refractivity contribution in [3.8, 4) is 10.8 Å². The molecule has 1 aromatic carbocycles. The first kappa shape index (κ1) is 16.7. The highest BCUT2D eigenvalue weighted by molar-refractivity contribution is 7.13. The molecule has 0 fully saturated rings. The van der Waals surface area contributed by atoms with Crippen molar-refractivity contribution in [2.45, 2.75) is 19.9 Å². The summed E-state index contributed by atoms with van der Waals surface area (Å²) in [5.74, 6) is 1.26. The fourth-order valence-electron chi connectivity index (χ4n) is 2.33. The SMILES string of the molecule is Cc1oc(-c2cccs2)nc1CC(=O)N(C)Cc1ccc(Cl)cc1. The number of nitrogens with zero attached hydrogens (tertiary/aromatic N) is 2. The number of thiophene rings is 1. The van der Waals surface area contributed by atoms with Crippen LogP contribution in [0.4, 0.5) is 0 Å². The molecule has 1 amide bonds. The minimum Gasteiger partial charge on any atom is -0.440 e. The number of amides is 1. The minimum atomic E-state index is -0.000852. The first-order chi connectivity index (χ1) is 11.5. The van der Waals surface area contributed by atoms with Gasteiger partial charge in [-0.05, 0) is 36.1 Å². The van der Waals surface area contributed by atoms with Gasteiger partial charge in [0.15, 0.2) is 0 Å². The highest BCUT2D eigenvalue weighted by Gasteiger charge is 2.17. The maximum atomic E-state index is 12.5. The Hall–Kier alpha value is -2.11. The summed E-state index contributed by atoms with van der Waals surface area (Å²) >= 11 is 7.45. The number of aromatic nitrogens is 1. The Kier molecular flexibility index (Phi) is 5.02. The summed E-state index contributed by atoms with van der Waals surface area (Å²) in [5.41, 5.74) is 1.72. The summed E-state index contributed by atoms with van der Waals surface area (Å²) in [6.07, 6.45) is 0.227. The maximum Gasteiger partial charge on any atom is 0.236 e. The van der Waals surface area contributed by atoms with Crippen molar-refractivity contribution in [1.29, 1.82) is 0 Å². The van der Waals surface area contributed by atoms with Crippen LogP contribution in [0.15, 0.2) is 46.2 Å². The molecule has 124 valence electrons. The molecule has 3 aromatic rings. The van der Waals surface area contributed by atoms with E-state index >= 15 is 0 Å². The third kappa shape index (κ3) is 3.86. The van der Waals surface area contributed by atoms with Crippen LogP contribution >= 0.6 is 22.9 Å². The number of aryl methyl sites for hydroxylation is 1. The van der Waals surface area contributed by atoms with Crippen LogP contribution in [0, 0.1) is 6.92 Å². The van der Waals surface area contributed by atoms with Gasteiger partial charge in [-0.1, -0.05) is 29.8 Å². The molecule has 2 heterocycles. The molecule has 0 aliphatic carbocycles. The Bertz CT molecular complexity index is 825. The molecule has 0 saturated carbocycles. The molecule has 3 rings (SSSR count). The van der Waals surface area contributed by atoms with Crippen molar-refractivity contribution in [1.82, 2.24) is 9.88 Å². The van der Waals surface area contributed by atoms with Crippen LogP contribution in [0.3, 0.4) is 0 Å². The average Bonchev–Trinajstić information content (AvgIpc) is 3.20. The summed E-state index contributed by atoms with van der Waals surface area (Å²) in [7, 11) is 1.78. The van der Waals surface area contributed by atoms with Crippen molar-refractivity contribution >= 4 is 28.8 Å². The van der Waals surface area contributed by atoms with Gasteiger partial charge in [0.1, 0.15) is 5.76 Å². The van der Waals surface area contributed by atoms with Crippen LogP contribution in [0.2, 0.25) is 5.02 Å². The normalized spacial score (nSPS) is 10.8. The van der Waals surface area contributed by atoms with E-state index in [1.807, 2.05) is 48.7 Å². The van der Waals surface area contributed by atoms with Gasteiger partial charge in [0.05, 0.1) is 17.0 Å². The van der Waals surface area contributed by atoms with Gasteiger partial charge < -0.3 is 9.32 Å². The second-order valence-corrected chi connectivity index (χ2v) is 6.94. The molecule has 0 aliphatic rings. The molecule has 0 spiro atoms. The van der Waals surface area contributed by atoms with Crippen molar-refractivity contribution in [3.05, 3.63) is 63.8 Å². The second-order valence-electron chi connectivity index (χ2n) is 5.55. The summed E-state index contributed by atoms with van der Waals surface area (Å²) in [6, 6.07) is 11.4. The molecule has 4 nitrogen and oxygen atoms in total. The number of hydrogen-bond acceptors (Lipinski definition) is 4. The van der Waals surface area contributed by atoms with Crippen molar-refractivity contribution in [3.63, 3.8) is 0 Å². The number of oxazole rings is 1. The lowest BCUT2D eigenvalue weighted by Gasteiger charge is -2.16. The van der Waals surface area contributed by atoms with Crippen LogP contribution < -0.4 is 0 Å². The first-order valence-corrected chi connectivity index (χ1v) is 8.77. The van der Waals surface area contributed by atoms with E-state index < -0.39 is 0 Å². The molecule has 0 aliphatic heterocycles. The molecule has 0 radical (unpaired) electrons. The Labute approximate surface area is 149 Å². The zero-order chi connectivity index (χ0) is 17.1. The van der Waals surface area contributed by atoms with E-state index in [-0.39, 0.29) is 12.3 Å². The van der Waals surface area contributed by atoms with Crippen molar-refractivity contribution in [2.24, 2.45) is 0 Å². The highest BCUT2D eigenvalue weighted by atomic mass is 35.5. The molecular weight excluding hydrogens is 344 g/mol. The summed E-state index contributed by atoms with van der Waals surface area (Å²) in [6.45, 7) is 2.37. The van der Waals surface area contributed by atoms with Crippen LogP contribution in [-0.4, -0.2) is 22.8 Å². The highest BCUT2D eigenvalue weighted by Crippen LogP contribution is 2.26. The quantitative estimate of drug-likeness (QED) is 0.669. The number of halogens is 1. The van der Waals surface area contributed by atoms with E-state index in [1.165, 1.54) is 0 Å². The van der Waals surface area contributed by atoms with E-state index in [2.05, 4.69) is 4.98 Å². The predicted octanol–water partition coefficient (Wildman–Crippen LogP) is 4.57. The first-order valence-electron chi connectivity index (χ1n) is 7.51. The topological polar surface area (TPSA) is 46.3 Å². The lowest BCUT2D eigenvalue weighted by molar-refractivity contribution is -0.129. The Morgan fingerprint density at radius 1 is 1.29 bits per heavy atom. The zero-order valence-electron chi connectivity index (χ0n) is 13.5. The zero-order valence-corrected chi connectivity index (χ0v) is 15.0. The van der Waals surface area contributed by atoms with E-state index in [4.69, 9.17) is 16.0 Å². The molecule has 24 heavy (non-hydrogen) atoms. The van der Waals surface area contributed by atoms with Gasteiger partial charge >= 0.3 is 0 Å². The lowest BCUT2D eigenvalue weighted by atomic mass is 10.2. The Morgan fingerprint density at radius 2 is 2.04 bits per heavy atom. The van der Waals surface area contributed by atoms with E-state index in [9.17, 15) is 4.79 Å². The van der Waals surface area contributed by atoms with Gasteiger partial charge in [-0.2, -0.15) is 0 Å². The number of hydrogen-bond donors (Lipinski definition) is 0. The van der Waals surface area contributed by atoms with Crippen LogP contribution in [0.1, 0.15) is 17.0 Å². The number of benzene rings is 1. The standard InChI is InChI=1S/C18H17ClN2O2S/c1-12-15(20-18(23-12)16-4-3-9-24-16)10-17(22)21(2)11-13-5-7-14(19)8-6-13/h3-9H,10-11H2,1-2H3. The summed E-state index contributed by atoms with van der Waals surface area (Å²) in [4.78, 5) is 19.6. The van der Waals surface area contributed by atoms with Gasteiger partial charge in [0, 0.05) is 18.6 Å².